The molecule has 1 aliphatic rings. The number of carbonyl (C=O) groups is 1. The maximum Gasteiger partial charge on any atom is 0.223 e. The minimum atomic E-state index is 0.181. The fraction of sp³-hybridized carbons (Fsp3) is 0.611. The Kier molecular flexibility index (Phi) is 6.33. The average molecular weight is 321 g/mol. The first kappa shape index (κ1) is 17.4. The number of benzene rings is 1. The molecule has 0 spiro atoms. The second kappa shape index (κ2) is 8.02. The number of rotatable bonds is 5. The molecule has 2 N–H and O–H groups in total. The van der Waals surface area contributed by atoms with Crippen LogP contribution in [0.3, 0.4) is 0 Å². The number of likely N-dealkylation sites (tertiary alicyclic amines) is 1. The van der Waals surface area contributed by atoms with E-state index in [1.807, 2.05) is 11.8 Å². The number of carbonyl (C=O) groups excluding carboxylic acids is 1. The highest BCUT2D eigenvalue weighted by Gasteiger charge is 2.25. The van der Waals surface area contributed by atoms with Gasteiger partial charge in [-0.2, -0.15) is 0 Å². The van der Waals surface area contributed by atoms with Crippen molar-refractivity contribution in [2.75, 3.05) is 18.8 Å². The lowest BCUT2D eigenvalue weighted by Crippen LogP contribution is -2.45. The van der Waals surface area contributed by atoms with Gasteiger partial charge in [0.25, 0.3) is 0 Å². The zero-order chi connectivity index (χ0) is 16.1. The molecule has 3 nitrogen and oxygen atoms in total. The third kappa shape index (κ3) is 4.75. The van der Waals surface area contributed by atoms with E-state index in [2.05, 4.69) is 32.0 Å². The third-order valence-corrected chi connectivity index (χ3v) is 5.61. The monoisotopic (exact) mass is 320 g/mol. The molecule has 22 heavy (non-hydrogen) atoms. The standard InChI is InChI=1S/C18H28N2OS/c1-13-6-7-17(11-14(13)2)22-10-8-18(21)20-9-4-5-16(12-20)15(3)19/h6-7,11,15-16H,4-5,8-10,12,19H2,1-3H3. The van der Waals surface area contributed by atoms with E-state index < -0.39 is 0 Å². The van der Waals surface area contributed by atoms with Crippen molar-refractivity contribution in [1.82, 2.24) is 4.90 Å². The van der Waals surface area contributed by atoms with E-state index in [0.29, 0.717) is 12.3 Å². The van der Waals surface area contributed by atoms with Crippen molar-refractivity contribution in [3.63, 3.8) is 0 Å². The maximum atomic E-state index is 12.3. The molecule has 1 aromatic rings. The lowest BCUT2D eigenvalue weighted by Gasteiger charge is -2.34. The van der Waals surface area contributed by atoms with Gasteiger partial charge in [-0.3, -0.25) is 4.79 Å². The van der Waals surface area contributed by atoms with E-state index in [-0.39, 0.29) is 11.9 Å². The molecule has 2 rings (SSSR count). The van der Waals surface area contributed by atoms with Crippen molar-refractivity contribution < 1.29 is 4.79 Å². The van der Waals surface area contributed by atoms with Gasteiger partial charge in [0.1, 0.15) is 0 Å². The summed E-state index contributed by atoms with van der Waals surface area (Å²) in [6, 6.07) is 6.68. The van der Waals surface area contributed by atoms with E-state index in [0.717, 1.165) is 31.7 Å². The molecule has 1 aliphatic heterocycles. The van der Waals surface area contributed by atoms with Crippen LogP contribution >= 0.6 is 11.8 Å². The van der Waals surface area contributed by atoms with Crippen molar-refractivity contribution in [2.45, 2.75) is 51.0 Å². The van der Waals surface area contributed by atoms with E-state index in [1.54, 1.807) is 11.8 Å². The quantitative estimate of drug-likeness (QED) is 0.846. The summed E-state index contributed by atoms with van der Waals surface area (Å²) < 4.78 is 0. The average Bonchev–Trinajstić information content (AvgIpc) is 2.51. The van der Waals surface area contributed by atoms with Crippen LogP contribution in [0.4, 0.5) is 0 Å². The topological polar surface area (TPSA) is 46.3 Å². The first-order chi connectivity index (χ1) is 10.5. The van der Waals surface area contributed by atoms with Crippen LogP contribution in [0.2, 0.25) is 0 Å². The molecule has 0 bridgehead atoms. The van der Waals surface area contributed by atoms with Gasteiger partial charge in [0.2, 0.25) is 5.91 Å². The largest absolute Gasteiger partial charge is 0.342 e. The summed E-state index contributed by atoms with van der Waals surface area (Å²) >= 11 is 1.77. The fourth-order valence-corrected chi connectivity index (χ4v) is 3.82. The van der Waals surface area contributed by atoms with Crippen LogP contribution in [0, 0.1) is 19.8 Å². The summed E-state index contributed by atoms with van der Waals surface area (Å²) in [6.07, 6.45) is 2.85. The van der Waals surface area contributed by atoms with Crippen LogP contribution in [0.15, 0.2) is 23.1 Å². The van der Waals surface area contributed by atoms with E-state index in [1.165, 1.54) is 16.0 Å². The molecule has 1 saturated heterocycles. The third-order valence-electron chi connectivity index (χ3n) is 4.62. The molecule has 1 fully saturated rings. The van der Waals surface area contributed by atoms with Crippen molar-refractivity contribution in [3.8, 4) is 0 Å². The van der Waals surface area contributed by atoms with Gasteiger partial charge in [-0.1, -0.05) is 6.07 Å². The Bertz CT molecular complexity index is 516. The maximum absolute atomic E-state index is 12.3. The summed E-state index contributed by atoms with van der Waals surface area (Å²) in [6.45, 7) is 8.04. The van der Waals surface area contributed by atoms with Crippen LogP contribution in [0.25, 0.3) is 0 Å². The van der Waals surface area contributed by atoms with Crippen molar-refractivity contribution >= 4 is 17.7 Å². The second-order valence-electron chi connectivity index (χ2n) is 6.45. The zero-order valence-corrected chi connectivity index (χ0v) is 14.8. The van der Waals surface area contributed by atoms with Gasteiger partial charge in [-0.05, 0) is 62.8 Å². The molecular weight excluding hydrogens is 292 g/mol. The van der Waals surface area contributed by atoms with Crippen LogP contribution in [-0.2, 0) is 4.79 Å². The molecule has 0 radical (unpaired) electrons. The summed E-state index contributed by atoms with van der Waals surface area (Å²) in [4.78, 5) is 15.6. The highest BCUT2D eigenvalue weighted by atomic mass is 32.2. The molecule has 2 unspecified atom stereocenters. The molecule has 2 atom stereocenters. The molecule has 0 aliphatic carbocycles. The Morgan fingerprint density at radius 2 is 2.18 bits per heavy atom. The number of nitrogens with zero attached hydrogens (tertiary/aromatic N) is 1. The van der Waals surface area contributed by atoms with Crippen molar-refractivity contribution in [2.24, 2.45) is 11.7 Å². The first-order valence-corrected chi connectivity index (χ1v) is 9.19. The minimum Gasteiger partial charge on any atom is -0.342 e. The Morgan fingerprint density at radius 1 is 1.41 bits per heavy atom. The Morgan fingerprint density at radius 3 is 2.86 bits per heavy atom. The van der Waals surface area contributed by atoms with Crippen molar-refractivity contribution in [3.05, 3.63) is 29.3 Å². The van der Waals surface area contributed by atoms with E-state index in [4.69, 9.17) is 5.73 Å². The van der Waals surface area contributed by atoms with Gasteiger partial charge < -0.3 is 10.6 Å². The second-order valence-corrected chi connectivity index (χ2v) is 7.61. The van der Waals surface area contributed by atoms with Crippen molar-refractivity contribution in [1.29, 1.82) is 0 Å². The number of hydrogen-bond acceptors (Lipinski definition) is 3. The highest BCUT2D eigenvalue weighted by molar-refractivity contribution is 7.99. The normalized spacial score (nSPS) is 20.0. The fourth-order valence-electron chi connectivity index (χ4n) is 2.88. The Hall–Kier alpha value is -1.00. The van der Waals surface area contributed by atoms with Gasteiger partial charge in [0.15, 0.2) is 0 Å². The summed E-state index contributed by atoms with van der Waals surface area (Å²) in [7, 11) is 0. The molecule has 4 heteroatoms. The lowest BCUT2D eigenvalue weighted by atomic mass is 9.92. The molecule has 0 saturated carbocycles. The number of thioether (sulfide) groups is 1. The van der Waals surface area contributed by atoms with E-state index in [9.17, 15) is 4.79 Å². The number of nitrogens with two attached hydrogens (primary N) is 1. The number of amides is 1. The molecule has 122 valence electrons. The summed E-state index contributed by atoms with van der Waals surface area (Å²) in [5, 5.41) is 0. The van der Waals surface area contributed by atoms with E-state index >= 15 is 0 Å². The molecule has 0 aromatic heterocycles. The molecule has 1 aromatic carbocycles. The zero-order valence-electron chi connectivity index (χ0n) is 14.0. The van der Waals surface area contributed by atoms with Crippen LogP contribution in [-0.4, -0.2) is 35.7 Å². The highest BCUT2D eigenvalue weighted by Crippen LogP contribution is 2.23. The van der Waals surface area contributed by atoms with Gasteiger partial charge in [-0.25, -0.2) is 0 Å². The smallest absolute Gasteiger partial charge is 0.223 e. The first-order valence-electron chi connectivity index (χ1n) is 8.21. The lowest BCUT2D eigenvalue weighted by molar-refractivity contribution is -0.132. The van der Waals surface area contributed by atoms with Gasteiger partial charge >= 0.3 is 0 Å². The summed E-state index contributed by atoms with van der Waals surface area (Å²) in [5.74, 6) is 1.59. The molecule has 1 heterocycles. The summed E-state index contributed by atoms with van der Waals surface area (Å²) in [5.41, 5.74) is 8.62. The van der Waals surface area contributed by atoms with Crippen LogP contribution < -0.4 is 5.73 Å². The number of aryl methyl sites for hydroxylation is 2. The Labute approximate surface area is 138 Å². The SMILES string of the molecule is Cc1ccc(SCCC(=O)N2CCCC(C(C)N)C2)cc1C. The Balaban J connectivity index is 1.78. The van der Waals surface area contributed by atoms with Gasteiger partial charge in [0, 0.05) is 36.2 Å². The molecule has 1 amide bonds. The predicted molar refractivity (Wildman–Crippen MR) is 94.2 cm³/mol. The van der Waals surface area contributed by atoms with Crippen LogP contribution in [0.1, 0.15) is 37.3 Å². The minimum absolute atomic E-state index is 0.181. The number of piperidine rings is 1. The molecular formula is C18H28N2OS. The van der Waals surface area contributed by atoms with Gasteiger partial charge in [-0.15, -0.1) is 11.8 Å². The van der Waals surface area contributed by atoms with Crippen LogP contribution in [0.5, 0.6) is 0 Å². The van der Waals surface area contributed by atoms with Gasteiger partial charge in [0.05, 0.1) is 0 Å². The predicted octanol–water partition coefficient (Wildman–Crippen LogP) is 3.37. The number of hydrogen-bond donors (Lipinski definition) is 1.